The molecule has 27 heavy (non-hydrogen) atoms. The average Bonchev–Trinajstić information content (AvgIpc) is 3.27. The lowest BCUT2D eigenvalue weighted by atomic mass is 10.1. The molecule has 5 nitrogen and oxygen atoms in total. The Morgan fingerprint density at radius 3 is 2.74 bits per heavy atom. The van der Waals surface area contributed by atoms with Crippen LogP contribution in [0.3, 0.4) is 0 Å². The molecule has 0 spiro atoms. The van der Waals surface area contributed by atoms with E-state index in [0.717, 1.165) is 23.9 Å². The number of hydrogen-bond donors (Lipinski definition) is 1. The molecule has 2 heterocycles. The van der Waals surface area contributed by atoms with Gasteiger partial charge >= 0.3 is 0 Å². The number of furan rings is 1. The molecule has 1 aromatic heterocycles. The molecule has 0 saturated carbocycles. The summed E-state index contributed by atoms with van der Waals surface area (Å²) < 4.78 is 5.66. The van der Waals surface area contributed by atoms with Crippen molar-refractivity contribution in [1.82, 2.24) is 10.2 Å². The van der Waals surface area contributed by atoms with Crippen LogP contribution in [0.2, 0.25) is 5.02 Å². The first-order valence-corrected chi connectivity index (χ1v) is 9.30. The Balaban J connectivity index is 1.57. The Morgan fingerprint density at radius 2 is 2.00 bits per heavy atom. The summed E-state index contributed by atoms with van der Waals surface area (Å²) in [5, 5.41) is 4.38. The number of likely N-dealkylation sites (tertiary alicyclic amines) is 1. The Hall–Kier alpha value is -2.79. The minimum Gasteiger partial charge on any atom is -0.451 e. The number of nitrogens with zero attached hydrogens (tertiary/aromatic N) is 1. The molecule has 1 N–H and O–H groups in total. The van der Waals surface area contributed by atoms with E-state index in [-0.39, 0.29) is 23.6 Å². The summed E-state index contributed by atoms with van der Waals surface area (Å²) in [6, 6.07) is 16.3. The second-order valence-electron chi connectivity index (χ2n) is 6.67. The summed E-state index contributed by atoms with van der Waals surface area (Å²) in [5.74, 6) is 0.0346. The van der Waals surface area contributed by atoms with Crippen LogP contribution in [0.4, 0.5) is 0 Å². The number of halogens is 1. The maximum absolute atomic E-state index is 12.8. The van der Waals surface area contributed by atoms with Crippen molar-refractivity contribution in [1.29, 1.82) is 0 Å². The molecule has 4 rings (SSSR count). The van der Waals surface area contributed by atoms with Crippen LogP contribution in [0.1, 0.15) is 35.0 Å². The van der Waals surface area contributed by atoms with Gasteiger partial charge < -0.3 is 14.6 Å². The first-order chi connectivity index (χ1) is 13.1. The van der Waals surface area contributed by atoms with E-state index in [0.29, 0.717) is 23.6 Å². The van der Waals surface area contributed by atoms with Crippen molar-refractivity contribution in [3.8, 4) is 0 Å². The van der Waals surface area contributed by atoms with Gasteiger partial charge in [0.1, 0.15) is 5.58 Å². The number of fused-ring (bicyclic) bond motifs is 1. The summed E-state index contributed by atoms with van der Waals surface area (Å²) in [5.41, 5.74) is 1.56. The lowest BCUT2D eigenvalue weighted by Gasteiger charge is -2.25. The zero-order valence-electron chi connectivity index (χ0n) is 14.7. The number of carbonyl (C=O) groups excluding carboxylic acids is 2. The van der Waals surface area contributed by atoms with Gasteiger partial charge in [0.2, 0.25) is 5.91 Å². The lowest BCUT2D eigenvalue weighted by Crippen LogP contribution is -2.38. The molecule has 0 bridgehead atoms. The van der Waals surface area contributed by atoms with Crippen molar-refractivity contribution >= 4 is 34.4 Å². The Bertz CT molecular complexity index is 984. The molecule has 1 unspecified atom stereocenters. The van der Waals surface area contributed by atoms with E-state index in [2.05, 4.69) is 5.32 Å². The highest BCUT2D eigenvalue weighted by Gasteiger charge is 2.26. The number of amides is 2. The molecule has 0 radical (unpaired) electrons. The maximum Gasteiger partial charge on any atom is 0.287 e. The Labute approximate surface area is 161 Å². The molecule has 138 valence electrons. The molecule has 6 heteroatoms. The predicted molar refractivity (Wildman–Crippen MR) is 104 cm³/mol. The molecule has 1 fully saturated rings. The normalized spacial score (nSPS) is 15.3. The fourth-order valence-electron chi connectivity index (χ4n) is 3.39. The van der Waals surface area contributed by atoms with Gasteiger partial charge in [-0.1, -0.05) is 41.9 Å². The second-order valence-corrected chi connectivity index (χ2v) is 7.11. The third-order valence-corrected chi connectivity index (χ3v) is 5.02. The quantitative estimate of drug-likeness (QED) is 0.720. The van der Waals surface area contributed by atoms with E-state index in [1.54, 1.807) is 29.2 Å². The number of rotatable bonds is 5. The van der Waals surface area contributed by atoms with Gasteiger partial charge in [-0.3, -0.25) is 9.59 Å². The molecule has 1 atom stereocenters. The molecule has 1 aliphatic heterocycles. The topological polar surface area (TPSA) is 62.6 Å². The van der Waals surface area contributed by atoms with Crippen LogP contribution in [-0.2, 0) is 4.79 Å². The van der Waals surface area contributed by atoms with Gasteiger partial charge in [-0.25, -0.2) is 0 Å². The third-order valence-electron chi connectivity index (χ3n) is 4.78. The van der Waals surface area contributed by atoms with Gasteiger partial charge in [-0.05, 0) is 36.2 Å². The molecule has 3 aromatic rings. The number of benzene rings is 2. The first-order valence-electron chi connectivity index (χ1n) is 8.93. The standard InChI is InChI=1S/C21H19ClN2O3/c22-16-8-9-18-15(11-16)12-19(27-18)21(26)23-17(14-5-2-1-3-6-14)13-24-10-4-7-20(24)25/h1-3,5-6,8-9,11-12,17H,4,7,10,13H2,(H,23,26). The summed E-state index contributed by atoms with van der Waals surface area (Å²) in [6.07, 6.45) is 1.43. The van der Waals surface area contributed by atoms with E-state index in [1.807, 2.05) is 30.3 Å². The van der Waals surface area contributed by atoms with Crippen LogP contribution in [0.5, 0.6) is 0 Å². The average molecular weight is 383 g/mol. The zero-order valence-corrected chi connectivity index (χ0v) is 15.4. The van der Waals surface area contributed by atoms with E-state index in [9.17, 15) is 9.59 Å². The summed E-state index contributed by atoms with van der Waals surface area (Å²) in [6.45, 7) is 1.17. The molecular formula is C21H19ClN2O3. The van der Waals surface area contributed by atoms with Gasteiger partial charge in [-0.2, -0.15) is 0 Å². The second kappa shape index (κ2) is 7.45. The van der Waals surface area contributed by atoms with Crippen LogP contribution in [-0.4, -0.2) is 29.8 Å². The third kappa shape index (κ3) is 3.83. The van der Waals surface area contributed by atoms with Gasteiger partial charge in [0.25, 0.3) is 5.91 Å². The monoisotopic (exact) mass is 382 g/mol. The molecule has 0 aliphatic carbocycles. The molecule has 2 amide bonds. The van der Waals surface area contributed by atoms with Crippen molar-refractivity contribution < 1.29 is 14.0 Å². The zero-order chi connectivity index (χ0) is 18.8. The molecule has 2 aromatic carbocycles. The van der Waals surface area contributed by atoms with Crippen LogP contribution in [0.15, 0.2) is 59.0 Å². The van der Waals surface area contributed by atoms with Gasteiger partial charge in [-0.15, -0.1) is 0 Å². The Morgan fingerprint density at radius 1 is 1.19 bits per heavy atom. The maximum atomic E-state index is 12.8. The number of carbonyl (C=O) groups is 2. The lowest BCUT2D eigenvalue weighted by molar-refractivity contribution is -0.128. The van der Waals surface area contributed by atoms with Crippen molar-refractivity contribution in [3.63, 3.8) is 0 Å². The van der Waals surface area contributed by atoms with E-state index in [4.69, 9.17) is 16.0 Å². The van der Waals surface area contributed by atoms with Crippen LogP contribution < -0.4 is 5.32 Å². The van der Waals surface area contributed by atoms with Crippen LogP contribution in [0.25, 0.3) is 11.0 Å². The van der Waals surface area contributed by atoms with Gasteiger partial charge in [0.05, 0.1) is 6.04 Å². The summed E-state index contributed by atoms with van der Waals surface area (Å²) in [4.78, 5) is 26.6. The number of hydrogen-bond acceptors (Lipinski definition) is 3. The van der Waals surface area contributed by atoms with Gasteiger partial charge in [0.15, 0.2) is 5.76 Å². The molecule has 1 aliphatic rings. The minimum atomic E-state index is -0.317. The van der Waals surface area contributed by atoms with Gasteiger partial charge in [0, 0.05) is 29.9 Å². The highest BCUT2D eigenvalue weighted by atomic mass is 35.5. The Kier molecular flexibility index (Phi) is 4.86. The molecule has 1 saturated heterocycles. The minimum absolute atomic E-state index is 0.128. The SMILES string of the molecule is O=C(NC(CN1CCCC1=O)c1ccccc1)c1cc2cc(Cl)ccc2o1. The first kappa shape index (κ1) is 17.6. The largest absolute Gasteiger partial charge is 0.451 e. The smallest absolute Gasteiger partial charge is 0.287 e. The van der Waals surface area contributed by atoms with Crippen molar-refractivity contribution in [2.45, 2.75) is 18.9 Å². The van der Waals surface area contributed by atoms with E-state index < -0.39 is 0 Å². The van der Waals surface area contributed by atoms with Crippen LogP contribution in [0, 0.1) is 0 Å². The molecular weight excluding hydrogens is 364 g/mol. The fourth-order valence-corrected chi connectivity index (χ4v) is 3.57. The van der Waals surface area contributed by atoms with Crippen molar-refractivity contribution in [2.75, 3.05) is 13.1 Å². The number of nitrogens with one attached hydrogen (secondary N) is 1. The van der Waals surface area contributed by atoms with Crippen LogP contribution >= 0.6 is 11.6 Å². The highest BCUT2D eigenvalue weighted by Crippen LogP contribution is 2.24. The predicted octanol–water partition coefficient (Wildman–Crippen LogP) is 4.18. The summed E-state index contributed by atoms with van der Waals surface area (Å²) >= 11 is 6.00. The summed E-state index contributed by atoms with van der Waals surface area (Å²) in [7, 11) is 0. The fraction of sp³-hybridized carbons (Fsp3) is 0.238. The highest BCUT2D eigenvalue weighted by molar-refractivity contribution is 6.31. The van der Waals surface area contributed by atoms with Crippen molar-refractivity contribution in [3.05, 3.63) is 70.9 Å². The van der Waals surface area contributed by atoms with Crippen molar-refractivity contribution in [2.24, 2.45) is 0 Å². The van der Waals surface area contributed by atoms with E-state index >= 15 is 0 Å². The van der Waals surface area contributed by atoms with E-state index in [1.165, 1.54) is 0 Å².